The van der Waals surface area contributed by atoms with Crippen molar-refractivity contribution in [3.63, 3.8) is 0 Å². The number of halogens is 5. The molecule has 2 aromatic rings. The predicted octanol–water partition coefficient (Wildman–Crippen LogP) is 1.87. The lowest BCUT2D eigenvalue weighted by Crippen LogP contribution is -2.39. The van der Waals surface area contributed by atoms with Crippen molar-refractivity contribution in [3.8, 4) is 0 Å². The van der Waals surface area contributed by atoms with Crippen LogP contribution in [0.3, 0.4) is 0 Å². The molecular formula is C16H14F5N3O4S. The van der Waals surface area contributed by atoms with E-state index >= 15 is 0 Å². The van der Waals surface area contributed by atoms with E-state index in [0.29, 0.717) is 12.1 Å². The Bertz CT molecular complexity index is 1010. The smallest absolute Gasteiger partial charge is 0.397 e. The Morgan fingerprint density at radius 1 is 1.10 bits per heavy atom. The molecule has 0 saturated carbocycles. The third kappa shape index (κ3) is 5.17. The minimum Gasteiger partial charge on any atom is -0.397 e. The SMILES string of the molecule is Nc1cc(S(=O)(=O)c2ccc(C(F)(F)F)cc2)cnc1C(=O)NCC(F)(F)CO. The molecule has 1 aromatic carbocycles. The molecule has 0 saturated heterocycles. The summed E-state index contributed by atoms with van der Waals surface area (Å²) in [6, 6.07) is 3.52. The Balaban J connectivity index is 2.27. The molecule has 0 aliphatic carbocycles. The van der Waals surface area contributed by atoms with Gasteiger partial charge in [0.2, 0.25) is 9.84 Å². The third-order valence-corrected chi connectivity index (χ3v) is 5.38. The Morgan fingerprint density at radius 3 is 2.17 bits per heavy atom. The normalized spacial score (nSPS) is 12.6. The molecule has 158 valence electrons. The number of hydrogen-bond donors (Lipinski definition) is 3. The molecule has 0 fully saturated rings. The van der Waals surface area contributed by atoms with Gasteiger partial charge in [0.15, 0.2) is 5.69 Å². The molecule has 7 nitrogen and oxygen atoms in total. The Hall–Kier alpha value is -2.80. The molecule has 0 unspecified atom stereocenters. The first kappa shape index (κ1) is 22.5. The first-order chi connectivity index (χ1) is 13.3. The van der Waals surface area contributed by atoms with Gasteiger partial charge in [-0.05, 0) is 30.3 Å². The molecule has 0 radical (unpaired) electrons. The van der Waals surface area contributed by atoms with Crippen molar-refractivity contribution >= 4 is 21.4 Å². The number of aliphatic hydroxyl groups is 1. The second kappa shape index (κ2) is 7.91. The van der Waals surface area contributed by atoms with Gasteiger partial charge in [-0.1, -0.05) is 0 Å². The van der Waals surface area contributed by atoms with Crippen molar-refractivity contribution in [2.45, 2.75) is 21.9 Å². The van der Waals surface area contributed by atoms with E-state index in [9.17, 15) is 35.2 Å². The number of carbonyl (C=O) groups excluding carboxylic acids is 1. The van der Waals surface area contributed by atoms with Crippen LogP contribution in [0.1, 0.15) is 16.1 Å². The maximum atomic E-state index is 13.0. The van der Waals surface area contributed by atoms with Crippen LogP contribution in [0.5, 0.6) is 0 Å². The van der Waals surface area contributed by atoms with Crippen molar-refractivity contribution in [2.75, 3.05) is 18.9 Å². The fraction of sp³-hybridized carbons (Fsp3) is 0.250. The minimum atomic E-state index is -4.64. The number of alkyl halides is 5. The summed E-state index contributed by atoms with van der Waals surface area (Å²) in [4.78, 5) is 14.4. The molecule has 0 atom stereocenters. The molecule has 4 N–H and O–H groups in total. The number of carbonyl (C=O) groups is 1. The molecule has 0 bridgehead atoms. The average Bonchev–Trinajstić information content (AvgIpc) is 2.65. The standard InChI is InChI=1S/C16H14F5N3O4S/c17-15(18,8-25)7-24-14(26)13-12(22)5-11(6-23-13)29(27,28)10-3-1-9(2-4-10)16(19,20)21/h1-6,25H,7-8,22H2,(H,24,26). The van der Waals surface area contributed by atoms with Crippen LogP contribution in [-0.4, -0.2) is 43.5 Å². The topological polar surface area (TPSA) is 122 Å². The summed E-state index contributed by atoms with van der Waals surface area (Å²) >= 11 is 0. The van der Waals surface area contributed by atoms with Crippen molar-refractivity contribution in [1.29, 1.82) is 0 Å². The zero-order chi connectivity index (χ0) is 22.0. The van der Waals surface area contributed by atoms with Crippen LogP contribution in [0.15, 0.2) is 46.3 Å². The molecule has 0 spiro atoms. The maximum absolute atomic E-state index is 13.0. The number of nitrogens with two attached hydrogens (primary N) is 1. The Kier molecular flexibility index (Phi) is 6.13. The van der Waals surface area contributed by atoms with Gasteiger partial charge in [0.25, 0.3) is 11.8 Å². The average molecular weight is 439 g/mol. The number of nitrogens with one attached hydrogen (secondary N) is 1. The molecule has 0 aliphatic heterocycles. The highest BCUT2D eigenvalue weighted by Crippen LogP contribution is 2.31. The highest BCUT2D eigenvalue weighted by Gasteiger charge is 2.31. The number of hydrogen-bond acceptors (Lipinski definition) is 6. The molecule has 2 rings (SSSR count). The quantitative estimate of drug-likeness (QED) is 0.591. The number of aliphatic hydroxyl groups excluding tert-OH is 1. The molecule has 1 aromatic heterocycles. The van der Waals surface area contributed by atoms with Crippen LogP contribution < -0.4 is 11.1 Å². The van der Waals surface area contributed by atoms with Crippen molar-refractivity contribution in [2.24, 2.45) is 0 Å². The van der Waals surface area contributed by atoms with Crippen LogP contribution in [0.2, 0.25) is 0 Å². The number of sulfone groups is 1. The van der Waals surface area contributed by atoms with Gasteiger partial charge >= 0.3 is 6.18 Å². The number of nitrogen functional groups attached to an aromatic ring is 1. The lowest BCUT2D eigenvalue weighted by molar-refractivity contribution is -0.137. The van der Waals surface area contributed by atoms with Gasteiger partial charge < -0.3 is 16.2 Å². The number of pyridine rings is 1. The van der Waals surface area contributed by atoms with Crippen LogP contribution in [0.4, 0.5) is 27.6 Å². The van der Waals surface area contributed by atoms with E-state index in [1.54, 1.807) is 5.32 Å². The Morgan fingerprint density at radius 2 is 1.69 bits per heavy atom. The van der Waals surface area contributed by atoms with Gasteiger partial charge in [0.05, 0.1) is 27.6 Å². The van der Waals surface area contributed by atoms with Crippen LogP contribution >= 0.6 is 0 Å². The molecule has 13 heteroatoms. The van der Waals surface area contributed by atoms with E-state index in [-0.39, 0.29) is 0 Å². The van der Waals surface area contributed by atoms with Crippen LogP contribution in [0.25, 0.3) is 0 Å². The number of nitrogens with zero attached hydrogens (tertiary/aromatic N) is 1. The van der Waals surface area contributed by atoms with E-state index in [1.807, 2.05) is 0 Å². The number of aromatic nitrogens is 1. The molecule has 1 heterocycles. The third-order valence-electron chi connectivity index (χ3n) is 3.65. The summed E-state index contributed by atoms with van der Waals surface area (Å²) in [5, 5.41) is 10.3. The summed E-state index contributed by atoms with van der Waals surface area (Å²) < 4.78 is 88.8. The van der Waals surface area contributed by atoms with Gasteiger partial charge in [0, 0.05) is 6.20 Å². The van der Waals surface area contributed by atoms with Crippen molar-refractivity contribution in [3.05, 3.63) is 47.8 Å². The summed E-state index contributed by atoms with van der Waals surface area (Å²) in [7, 11) is -4.30. The monoisotopic (exact) mass is 439 g/mol. The fourth-order valence-electron chi connectivity index (χ4n) is 2.11. The van der Waals surface area contributed by atoms with Crippen LogP contribution in [-0.2, 0) is 16.0 Å². The first-order valence-electron chi connectivity index (χ1n) is 7.73. The summed E-state index contributed by atoms with van der Waals surface area (Å²) in [6.07, 6.45) is -3.92. The van der Waals surface area contributed by atoms with E-state index < -0.39 is 67.7 Å². The van der Waals surface area contributed by atoms with Gasteiger partial charge in [-0.25, -0.2) is 22.2 Å². The van der Waals surface area contributed by atoms with Crippen LogP contribution in [0, 0.1) is 0 Å². The van der Waals surface area contributed by atoms with Gasteiger partial charge in [0.1, 0.15) is 6.61 Å². The van der Waals surface area contributed by atoms with E-state index in [2.05, 4.69) is 4.98 Å². The fourth-order valence-corrected chi connectivity index (χ4v) is 3.35. The van der Waals surface area contributed by atoms with Gasteiger partial charge in [-0.2, -0.15) is 13.2 Å². The van der Waals surface area contributed by atoms with E-state index in [0.717, 1.165) is 24.4 Å². The lowest BCUT2D eigenvalue weighted by atomic mass is 10.2. The lowest BCUT2D eigenvalue weighted by Gasteiger charge is -2.14. The highest BCUT2D eigenvalue weighted by atomic mass is 32.2. The molecular weight excluding hydrogens is 425 g/mol. The molecule has 1 amide bonds. The largest absolute Gasteiger partial charge is 0.416 e. The maximum Gasteiger partial charge on any atom is 0.416 e. The summed E-state index contributed by atoms with van der Waals surface area (Å²) in [6.45, 7) is -2.70. The summed E-state index contributed by atoms with van der Waals surface area (Å²) in [5.74, 6) is -4.70. The van der Waals surface area contributed by atoms with Crippen molar-refractivity contribution in [1.82, 2.24) is 10.3 Å². The second-order valence-corrected chi connectivity index (χ2v) is 7.78. The van der Waals surface area contributed by atoms with E-state index in [1.165, 1.54) is 0 Å². The predicted molar refractivity (Wildman–Crippen MR) is 89.9 cm³/mol. The minimum absolute atomic E-state index is 0.456. The number of benzene rings is 1. The number of amides is 1. The van der Waals surface area contributed by atoms with Gasteiger partial charge in [-0.3, -0.25) is 4.79 Å². The summed E-state index contributed by atoms with van der Waals surface area (Å²) in [5.41, 5.74) is 3.54. The molecule has 29 heavy (non-hydrogen) atoms. The molecule has 0 aliphatic rings. The second-order valence-electron chi connectivity index (χ2n) is 5.83. The highest BCUT2D eigenvalue weighted by molar-refractivity contribution is 7.91. The number of anilines is 1. The van der Waals surface area contributed by atoms with E-state index in [4.69, 9.17) is 10.8 Å². The Labute approximate surface area is 161 Å². The zero-order valence-electron chi connectivity index (χ0n) is 14.4. The van der Waals surface area contributed by atoms with Gasteiger partial charge in [-0.15, -0.1) is 0 Å². The first-order valence-corrected chi connectivity index (χ1v) is 9.21. The zero-order valence-corrected chi connectivity index (χ0v) is 15.2. The number of rotatable bonds is 6. The van der Waals surface area contributed by atoms with Crippen molar-refractivity contribution < 1.29 is 40.3 Å².